The van der Waals surface area contributed by atoms with Gasteiger partial charge in [0.05, 0.1) is 11.5 Å². The Morgan fingerprint density at radius 1 is 1.33 bits per heavy atom. The maximum atomic E-state index is 12.0. The molecule has 0 spiro atoms. The molecule has 3 nitrogen and oxygen atoms in total. The van der Waals surface area contributed by atoms with Gasteiger partial charge < -0.3 is 10.4 Å². The van der Waals surface area contributed by atoms with E-state index >= 15 is 0 Å². The van der Waals surface area contributed by atoms with Crippen LogP contribution in [0.2, 0.25) is 0 Å². The quantitative estimate of drug-likeness (QED) is 0.857. The van der Waals surface area contributed by atoms with Crippen LogP contribution in [-0.4, -0.2) is 23.2 Å². The van der Waals surface area contributed by atoms with Crippen LogP contribution in [0, 0.1) is 0 Å². The van der Waals surface area contributed by atoms with E-state index in [4.69, 9.17) is 0 Å². The van der Waals surface area contributed by atoms with Crippen LogP contribution in [0.5, 0.6) is 0 Å². The number of amides is 1. The molecule has 1 aliphatic rings. The number of benzene rings is 1. The van der Waals surface area contributed by atoms with Crippen molar-refractivity contribution < 1.29 is 9.90 Å². The molecule has 18 heavy (non-hydrogen) atoms. The molecule has 1 saturated carbocycles. The Bertz CT molecular complexity index is 396. The van der Waals surface area contributed by atoms with Gasteiger partial charge >= 0.3 is 0 Å². The smallest absolute Gasteiger partial charge is 0.227 e. The molecule has 98 valence electrons. The highest BCUT2D eigenvalue weighted by Gasteiger charge is 2.31. The lowest BCUT2D eigenvalue weighted by Gasteiger charge is -2.23. The zero-order valence-corrected chi connectivity index (χ0v) is 10.9. The zero-order valence-electron chi connectivity index (χ0n) is 10.9. The lowest BCUT2D eigenvalue weighted by molar-refractivity contribution is -0.123. The van der Waals surface area contributed by atoms with Crippen LogP contribution in [-0.2, 0) is 4.79 Å². The van der Waals surface area contributed by atoms with Crippen molar-refractivity contribution in [2.24, 2.45) is 0 Å². The highest BCUT2D eigenvalue weighted by Crippen LogP contribution is 2.28. The highest BCUT2D eigenvalue weighted by atomic mass is 16.3. The maximum absolute atomic E-state index is 12.0. The molecule has 0 heterocycles. The van der Waals surface area contributed by atoms with Gasteiger partial charge in [-0.1, -0.05) is 43.2 Å². The zero-order chi connectivity index (χ0) is 13.0. The van der Waals surface area contributed by atoms with E-state index in [-0.39, 0.29) is 11.8 Å². The average molecular weight is 247 g/mol. The van der Waals surface area contributed by atoms with Crippen LogP contribution in [0.4, 0.5) is 0 Å². The topological polar surface area (TPSA) is 49.3 Å². The molecule has 0 saturated heterocycles. The molecular weight excluding hydrogens is 226 g/mol. The molecule has 1 aromatic carbocycles. The molecule has 3 heteroatoms. The number of hydrogen-bond acceptors (Lipinski definition) is 2. The van der Waals surface area contributed by atoms with Crippen molar-refractivity contribution in [2.75, 3.05) is 6.54 Å². The Hall–Kier alpha value is -1.35. The second-order valence-electron chi connectivity index (χ2n) is 5.28. The van der Waals surface area contributed by atoms with E-state index < -0.39 is 5.60 Å². The van der Waals surface area contributed by atoms with Crippen molar-refractivity contribution in [3.8, 4) is 0 Å². The molecule has 1 unspecified atom stereocenters. The summed E-state index contributed by atoms with van der Waals surface area (Å²) in [5.41, 5.74) is 0.333. The number of carbonyl (C=O) groups excluding carboxylic acids is 1. The second kappa shape index (κ2) is 5.53. The normalized spacial score (nSPS) is 19.4. The first kappa shape index (κ1) is 13.1. The Kier molecular flexibility index (Phi) is 4.02. The summed E-state index contributed by atoms with van der Waals surface area (Å²) in [5.74, 6) is -0.183. The van der Waals surface area contributed by atoms with Gasteiger partial charge in [0.25, 0.3) is 0 Å². The third-order valence-electron chi connectivity index (χ3n) is 3.82. The van der Waals surface area contributed by atoms with Crippen LogP contribution < -0.4 is 5.32 Å². The van der Waals surface area contributed by atoms with E-state index in [0.29, 0.717) is 6.54 Å². The molecule has 2 N–H and O–H groups in total. The summed E-state index contributed by atoms with van der Waals surface area (Å²) in [7, 11) is 0. The molecule has 0 radical (unpaired) electrons. The summed E-state index contributed by atoms with van der Waals surface area (Å²) >= 11 is 0. The summed E-state index contributed by atoms with van der Waals surface area (Å²) in [4.78, 5) is 12.0. The molecule has 2 rings (SSSR count). The summed E-state index contributed by atoms with van der Waals surface area (Å²) in [6.07, 6.45) is 3.71. The van der Waals surface area contributed by atoms with Gasteiger partial charge in [-0.2, -0.15) is 0 Å². The van der Waals surface area contributed by atoms with E-state index in [1.807, 2.05) is 37.3 Å². The largest absolute Gasteiger partial charge is 0.388 e. The summed E-state index contributed by atoms with van der Waals surface area (Å²) in [6, 6.07) is 9.71. The van der Waals surface area contributed by atoms with E-state index in [1.54, 1.807) is 0 Å². The molecule has 0 aromatic heterocycles. The predicted octanol–water partition coefficient (Wildman–Crippen LogP) is 2.21. The Labute approximate surface area is 108 Å². The van der Waals surface area contributed by atoms with Gasteiger partial charge in [0.15, 0.2) is 0 Å². The maximum Gasteiger partial charge on any atom is 0.227 e. The van der Waals surface area contributed by atoms with E-state index in [1.165, 1.54) is 0 Å². The number of nitrogens with one attached hydrogen (secondary N) is 1. The minimum absolute atomic E-state index is 0.0125. The first-order valence-electron chi connectivity index (χ1n) is 6.66. The third-order valence-corrected chi connectivity index (χ3v) is 3.82. The Morgan fingerprint density at radius 3 is 2.56 bits per heavy atom. The fourth-order valence-electron chi connectivity index (χ4n) is 2.51. The number of aliphatic hydroxyl groups is 1. The van der Waals surface area contributed by atoms with Crippen LogP contribution in [0.3, 0.4) is 0 Å². The molecule has 1 fully saturated rings. The third kappa shape index (κ3) is 3.10. The first-order valence-corrected chi connectivity index (χ1v) is 6.66. The average Bonchev–Trinajstić information content (AvgIpc) is 2.83. The first-order chi connectivity index (χ1) is 8.61. The van der Waals surface area contributed by atoms with Gasteiger partial charge in [0, 0.05) is 6.54 Å². The van der Waals surface area contributed by atoms with Crippen LogP contribution in [0.15, 0.2) is 30.3 Å². The molecule has 1 aliphatic carbocycles. The number of rotatable bonds is 4. The van der Waals surface area contributed by atoms with Crippen LogP contribution in [0.1, 0.15) is 44.1 Å². The SMILES string of the molecule is CC(C(=O)NCC1(O)CCCC1)c1ccccc1. The van der Waals surface area contributed by atoms with Crippen molar-refractivity contribution in [1.29, 1.82) is 0 Å². The summed E-state index contributed by atoms with van der Waals surface area (Å²) in [6.45, 7) is 2.27. The van der Waals surface area contributed by atoms with Crippen molar-refractivity contribution in [3.05, 3.63) is 35.9 Å². The van der Waals surface area contributed by atoms with Crippen molar-refractivity contribution in [2.45, 2.75) is 44.1 Å². The van der Waals surface area contributed by atoms with Crippen molar-refractivity contribution in [1.82, 2.24) is 5.32 Å². The van der Waals surface area contributed by atoms with Crippen molar-refractivity contribution >= 4 is 5.91 Å². The molecular formula is C15H21NO2. The standard InChI is InChI=1S/C15H21NO2/c1-12(13-7-3-2-4-8-13)14(17)16-11-15(18)9-5-6-10-15/h2-4,7-8,12,18H,5-6,9-11H2,1H3,(H,16,17). The molecule has 1 amide bonds. The van der Waals surface area contributed by atoms with Crippen molar-refractivity contribution in [3.63, 3.8) is 0 Å². The summed E-state index contributed by atoms with van der Waals surface area (Å²) in [5, 5.41) is 13.1. The molecule has 0 bridgehead atoms. The predicted molar refractivity (Wildman–Crippen MR) is 71.3 cm³/mol. The second-order valence-corrected chi connectivity index (χ2v) is 5.28. The lowest BCUT2D eigenvalue weighted by atomic mass is 9.99. The Balaban J connectivity index is 1.88. The highest BCUT2D eigenvalue weighted by molar-refractivity contribution is 5.83. The van der Waals surface area contributed by atoms with Gasteiger partial charge in [-0.25, -0.2) is 0 Å². The van der Waals surface area contributed by atoms with Gasteiger partial charge in [-0.15, -0.1) is 0 Å². The molecule has 1 atom stereocenters. The fourth-order valence-corrected chi connectivity index (χ4v) is 2.51. The number of carbonyl (C=O) groups is 1. The van der Waals surface area contributed by atoms with Gasteiger partial charge in [0.1, 0.15) is 0 Å². The summed E-state index contributed by atoms with van der Waals surface area (Å²) < 4.78 is 0. The minimum atomic E-state index is -0.675. The van der Waals surface area contributed by atoms with E-state index in [2.05, 4.69) is 5.32 Å². The monoisotopic (exact) mass is 247 g/mol. The van der Waals surface area contributed by atoms with Gasteiger partial charge in [-0.05, 0) is 25.3 Å². The van der Waals surface area contributed by atoms with Gasteiger partial charge in [0.2, 0.25) is 5.91 Å². The van der Waals surface area contributed by atoms with Crippen LogP contribution in [0.25, 0.3) is 0 Å². The number of hydrogen-bond donors (Lipinski definition) is 2. The van der Waals surface area contributed by atoms with Gasteiger partial charge in [-0.3, -0.25) is 4.79 Å². The lowest BCUT2D eigenvalue weighted by Crippen LogP contribution is -2.42. The molecule has 1 aromatic rings. The Morgan fingerprint density at radius 2 is 1.94 bits per heavy atom. The fraction of sp³-hybridized carbons (Fsp3) is 0.533. The van der Waals surface area contributed by atoms with Crippen LogP contribution >= 0.6 is 0 Å². The molecule has 0 aliphatic heterocycles. The van der Waals surface area contributed by atoms with E-state index in [0.717, 1.165) is 31.2 Å². The van der Waals surface area contributed by atoms with E-state index in [9.17, 15) is 9.90 Å². The minimum Gasteiger partial charge on any atom is -0.388 e.